The fourth-order valence-electron chi connectivity index (χ4n) is 2.58. The van der Waals surface area contributed by atoms with Gasteiger partial charge in [-0.25, -0.2) is 4.79 Å². The van der Waals surface area contributed by atoms with Crippen molar-refractivity contribution < 1.29 is 23.8 Å². The molecule has 1 amide bonds. The minimum atomic E-state index is -0.498. The molecular formula is C21H26N2O5. The summed E-state index contributed by atoms with van der Waals surface area (Å²) in [6.45, 7) is 0.248. The Morgan fingerprint density at radius 2 is 1.61 bits per heavy atom. The number of amides is 1. The molecule has 0 unspecified atom stereocenters. The molecule has 2 rings (SSSR count). The monoisotopic (exact) mass is 386 g/mol. The Morgan fingerprint density at radius 3 is 2.18 bits per heavy atom. The quantitative estimate of drug-likeness (QED) is 0.650. The van der Waals surface area contributed by atoms with Gasteiger partial charge in [-0.3, -0.25) is 4.79 Å². The van der Waals surface area contributed by atoms with Crippen LogP contribution in [0.3, 0.4) is 0 Å². The topological polar surface area (TPSA) is 68.3 Å². The van der Waals surface area contributed by atoms with Crippen molar-refractivity contribution in [2.45, 2.75) is 6.54 Å². The Bertz CT molecular complexity index is 818. The zero-order valence-electron chi connectivity index (χ0n) is 16.9. The Morgan fingerprint density at radius 1 is 0.929 bits per heavy atom. The third kappa shape index (κ3) is 5.39. The molecule has 0 saturated carbocycles. The normalized spacial score (nSPS) is 10.2. The first-order chi connectivity index (χ1) is 13.3. The van der Waals surface area contributed by atoms with Crippen molar-refractivity contribution in [3.63, 3.8) is 0 Å². The number of carbonyl (C=O) groups excluding carboxylic acids is 2. The third-order valence-corrected chi connectivity index (χ3v) is 4.20. The molecule has 0 bridgehead atoms. The summed E-state index contributed by atoms with van der Waals surface area (Å²) in [7, 11) is 8.47. The molecule has 0 aliphatic carbocycles. The van der Waals surface area contributed by atoms with Crippen molar-refractivity contribution >= 4 is 17.6 Å². The zero-order valence-corrected chi connectivity index (χ0v) is 16.9. The van der Waals surface area contributed by atoms with E-state index < -0.39 is 5.97 Å². The van der Waals surface area contributed by atoms with Crippen LogP contribution < -0.4 is 14.4 Å². The standard InChI is InChI=1S/C21H26N2O5/c1-22(2)17-9-6-15(7-10-17)13-23(3)21(25)16-8-11-18(19(12-16)26-4)28-14-20(24)27-5/h6-12H,13-14H2,1-5H3. The number of methoxy groups -OCH3 is 2. The maximum absolute atomic E-state index is 12.8. The van der Waals surface area contributed by atoms with Crippen molar-refractivity contribution in [2.75, 3.05) is 46.9 Å². The number of hydrogen-bond donors (Lipinski definition) is 0. The van der Waals surface area contributed by atoms with Crippen molar-refractivity contribution in [3.8, 4) is 11.5 Å². The van der Waals surface area contributed by atoms with Crippen molar-refractivity contribution in [1.82, 2.24) is 4.90 Å². The van der Waals surface area contributed by atoms with Gasteiger partial charge in [0.25, 0.3) is 5.91 Å². The van der Waals surface area contributed by atoms with E-state index in [1.807, 2.05) is 43.3 Å². The van der Waals surface area contributed by atoms with Crippen LogP contribution >= 0.6 is 0 Å². The van der Waals surface area contributed by atoms with Crippen LogP contribution in [0.5, 0.6) is 11.5 Å². The molecule has 0 N–H and O–H groups in total. The van der Waals surface area contributed by atoms with Gasteiger partial charge in [-0.1, -0.05) is 12.1 Å². The molecule has 0 fully saturated rings. The van der Waals surface area contributed by atoms with Gasteiger partial charge in [0.1, 0.15) is 0 Å². The van der Waals surface area contributed by atoms with Crippen LogP contribution in [0.4, 0.5) is 5.69 Å². The van der Waals surface area contributed by atoms with Crippen LogP contribution in [-0.2, 0) is 16.1 Å². The number of nitrogens with zero attached hydrogens (tertiary/aromatic N) is 2. The Kier molecular flexibility index (Phi) is 7.26. The van der Waals surface area contributed by atoms with Crippen LogP contribution in [0.1, 0.15) is 15.9 Å². The lowest BCUT2D eigenvalue weighted by molar-refractivity contribution is -0.142. The SMILES string of the molecule is COC(=O)COc1ccc(C(=O)N(C)Cc2ccc(N(C)C)cc2)cc1OC. The average Bonchev–Trinajstić information content (AvgIpc) is 2.71. The van der Waals surface area contributed by atoms with E-state index in [9.17, 15) is 9.59 Å². The highest BCUT2D eigenvalue weighted by Crippen LogP contribution is 2.28. The highest BCUT2D eigenvalue weighted by Gasteiger charge is 2.16. The summed E-state index contributed by atoms with van der Waals surface area (Å²) in [5, 5.41) is 0. The number of anilines is 1. The molecular weight excluding hydrogens is 360 g/mol. The molecule has 7 nitrogen and oxygen atoms in total. The van der Waals surface area contributed by atoms with Gasteiger partial charge < -0.3 is 24.0 Å². The van der Waals surface area contributed by atoms with Gasteiger partial charge in [0.05, 0.1) is 14.2 Å². The molecule has 0 spiro atoms. The Hall–Kier alpha value is -3.22. The summed E-state index contributed by atoms with van der Waals surface area (Å²) >= 11 is 0. The number of hydrogen-bond acceptors (Lipinski definition) is 6. The second-order valence-corrected chi connectivity index (χ2v) is 6.45. The number of carbonyl (C=O) groups is 2. The van der Waals surface area contributed by atoms with E-state index in [2.05, 4.69) is 4.74 Å². The van der Waals surface area contributed by atoms with Crippen LogP contribution in [0, 0.1) is 0 Å². The first-order valence-electron chi connectivity index (χ1n) is 8.75. The summed E-state index contributed by atoms with van der Waals surface area (Å²) in [4.78, 5) is 27.6. The van der Waals surface area contributed by atoms with Gasteiger partial charge >= 0.3 is 5.97 Å². The van der Waals surface area contributed by atoms with Gasteiger partial charge in [-0.15, -0.1) is 0 Å². The highest BCUT2D eigenvalue weighted by atomic mass is 16.6. The van der Waals surface area contributed by atoms with Crippen molar-refractivity contribution in [3.05, 3.63) is 53.6 Å². The van der Waals surface area contributed by atoms with Gasteiger partial charge in [0, 0.05) is 38.9 Å². The summed E-state index contributed by atoms with van der Waals surface area (Å²) in [5.74, 6) is 0.0987. The van der Waals surface area contributed by atoms with Gasteiger partial charge in [-0.2, -0.15) is 0 Å². The van der Waals surface area contributed by atoms with E-state index in [4.69, 9.17) is 9.47 Å². The largest absolute Gasteiger partial charge is 0.493 e. The predicted molar refractivity (Wildman–Crippen MR) is 107 cm³/mol. The summed E-state index contributed by atoms with van der Waals surface area (Å²) < 4.78 is 15.2. The van der Waals surface area contributed by atoms with E-state index in [1.54, 1.807) is 30.1 Å². The smallest absolute Gasteiger partial charge is 0.343 e. The Labute approximate surface area is 165 Å². The van der Waals surface area contributed by atoms with Crippen LogP contribution in [0.25, 0.3) is 0 Å². The first-order valence-corrected chi connectivity index (χ1v) is 8.75. The lowest BCUT2D eigenvalue weighted by atomic mass is 10.1. The predicted octanol–water partition coefficient (Wildman–Crippen LogP) is 2.59. The zero-order chi connectivity index (χ0) is 20.7. The molecule has 0 heterocycles. The second-order valence-electron chi connectivity index (χ2n) is 6.45. The van der Waals surface area contributed by atoms with Gasteiger partial charge in [0.2, 0.25) is 0 Å². The van der Waals surface area contributed by atoms with Crippen LogP contribution in [-0.4, -0.2) is 58.7 Å². The molecule has 7 heteroatoms. The molecule has 150 valence electrons. The van der Waals surface area contributed by atoms with E-state index in [0.717, 1.165) is 11.3 Å². The fourth-order valence-corrected chi connectivity index (χ4v) is 2.58. The Balaban J connectivity index is 2.08. The number of ether oxygens (including phenoxy) is 3. The van der Waals surface area contributed by atoms with Gasteiger partial charge in [0.15, 0.2) is 18.1 Å². The highest BCUT2D eigenvalue weighted by molar-refractivity contribution is 5.94. The molecule has 0 saturated heterocycles. The average molecular weight is 386 g/mol. The third-order valence-electron chi connectivity index (χ3n) is 4.20. The summed E-state index contributed by atoms with van der Waals surface area (Å²) in [6, 6.07) is 12.9. The number of rotatable bonds is 8. The van der Waals surface area contributed by atoms with E-state index in [0.29, 0.717) is 23.6 Å². The minimum absolute atomic E-state index is 0.144. The second kappa shape index (κ2) is 9.64. The summed E-state index contributed by atoms with van der Waals surface area (Å²) in [5.41, 5.74) is 2.60. The van der Waals surface area contributed by atoms with Crippen LogP contribution in [0.2, 0.25) is 0 Å². The van der Waals surface area contributed by atoms with Crippen molar-refractivity contribution in [1.29, 1.82) is 0 Å². The number of benzene rings is 2. The summed E-state index contributed by atoms with van der Waals surface area (Å²) in [6.07, 6.45) is 0. The molecule has 2 aromatic rings. The molecule has 2 aromatic carbocycles. The first kappa shape index (κ1) is 21.1. The lowest BCUT2D eigenvalue weighted by Crippen LogP contribution is -2.26. The van der Waals surface area contributed by atoms with E-state index >= 15 is 0 Å². The number of esters is 1. The molecule has 0 aliphatic heterocycles. The minimum Gasteiger partial charge on any atom is -0.493 e. The molecule has 0 aliphatic rings. The lowest BCUT2D eigenvalue weighted by Gasteiger charge is -2.19. The maximum atomic E-state index is 12.8. The van der Waals surface area contributed by atoms with Crippen LogP contribution in [0.15, 0.2) is 42.5 Å². The molecule has 28 heavy (non-hydrogen) atoms. The maximum Gasteiger partial charge on any atom is 0.343 e. The van der Waals surface area contributed by atoms with Gasteiger partial charge in [-0.05, 0) is 35.9 Å². The molecule has 0 radical (unpaired) electrons. The molecule has 0 aromatic heterocycles. The van der Waals surface area contributed by atoms with E-state index in [1.165, 1.54) is 14.2 Å². The van der Waals surface area contributed by atoms with E-state index in [-0.39, 0.29) is 12.5 Å². The fraction of sp³-hybridized carbons (Fsp3) is 0.333. The molecule has 0 atom stereocenters. The van der Waals surface area contributed by atoms with Crippen molar-refractivity contribution in [2.24, 2.45) is 0 Å².